The van der Waals surface area contributed by atoms with Crippen LogP contribution < -0.4 is 20.4 Å². The summed E-state index contributed by atoms with van der Waals surface area (Å²) in [6, 6.07) is 10.8. The quantitative estimate of drug-likeness (QED) is 0.569. The van der Waals surface area contributed by atoms with E-state index in [9.17, 15) is 9.59 Å². The van der Waals surface area contributed by atoms with E-state index in [4.69, 9.17) is 4.98 Å². The zero-order valence-electron chi connectivity index (χ0n) is 19.9. The molecule has 2 aliphatic rings. The molecule has 35 heavy (non-hydrogen) atoms. The zero-order chi connectivity index (χ0) is 24.4. The molecule has 1 atom stereocenters. The SMILES string of the molecule is CC1C(=O)N(C)c2cnc(Nc3ccc(NC(=O)c4cccnc4)cc3)nc2N1C1CCCCC1. The first-order chi connectivity index (χ1) is 17.0. The van der Waals surface area contributed by atoms with Crippen LogP contribution in [0.1, 0.15) is 49.4 Å². The van der Waals surface area contributed by atoms with Crippen molar-refractivity contribution in [3.63, 3.8) is 0 Å². The van der Waals surface area contributed by atoms with Gasteiger partial charge in [0.2, 0.25) is 11.9 Å². The van der Waals surface area contributed by atoms with E-state index >= 15 is 0 Å². The molecule has 2 aromatic heterocycles. The molecule has 0 saturated heterocycles. The summed E-state index contributed by atoms with van der Waals surface area (Å²) < 4.78 is 0. The molecule has 2 N–H and O–H groups in total. The molecule has 9 heteroatoms. The van der Waals surface area contributed by atoms with Gasteiger partial charge in [-0.25, -0.2) is 4.98 Å². The van der Waals surface area contributed by atoms with Crippen molar-refractivity contribution in [2.24, 2.45) is 0 Å². The van der Waals surface area contributed by atoms with Crippen LogP contribution in [0.4, 0.5) is 28.8 Å². The molecule has 2 amide bonds. The summed E-state index contributed by atoms with van der Waals surface area (Å²) in [6.07, 6.45) is 10.6. The number of benzene rings is 1. The normalized spacial score (nSPS) is 18.2. The summed E-state index contributed by atoms with van der Waals surface area (Å²) in [7, 11) is 1.78. The topological polar surface area (TPSA) is 103 Å². The van der Waals surface area contributed by atoms with Crippen molar-refractivity contribution >= 4 is 40.6 Å². The van der Waals surface area contributed by atoms with E-state index in [0.717, 1.165) is 30.0 Å². The molecule has 1 aliphatic heterocycles. The maximum atomic E-state index is 12.9. The lowest BCUT2D eigenvalue weighted by molar-refractivity contribution is -0.119. The second-order valence-electron chi connectivity index (χ2n) is 9.07. The molecular formula is C26H29N7O2. The van der Waals surface area contributed by atoms with E-state index < -0.39 is 0 Å². The van der Waals surface area contributed by atoms with Crippen molar-refractivity contribution in [2.75, 3.05) is 27.5 Å². The Morgan fingerprint density at radius 1 is 1.03 bits per heavy atom. The van der Waals surface area contributed by atoms with Crippen LogP contribution in [0.5, 0.6) is 0 Å². The lowest BCUT2D eigenvalue weighted by Crippen LogP contribution is -2.55. The Labute approximate surface area is 204 Å². The minimum absolute atomic E-state index is 0.0660. The molecular weight excluding hydrogens is 442 g/mol. The van der Waals surface area contributed by atoms with E-state index in [1.807, 2.05) is 31.2 Å². The van der Waals surface area contributed by atoms with Gasteiger partial charge in [-0.05, 0) is 56.2 Å². The highest BCUT2D eigenvalue weighted by Crippen LogP contribution is 2.38. The number of hydrogen-bond donors (Lipinski definition) is 2. The number of aromatic nitrogens is 3. The Bertz CT molecular complexity index is 1210. The fourth-order valence-corrected chi connectivity index (χ4v) is 4.87. The molecule has 3 heterocycles. The van der Waals surface area contributed by atoms with Crippen LogP contribution in [0.2, 0.25) is 0 Å². The zero-order valence-corrected chi connectivity index (χ0v) is 19.9. The molecule has 1 unspecified atom stereocenters. The molecule has 0 radical (unpaired) electrons. The van der Waals surface area contributed by atoms with Crippen LogP contribution in [-0.2, 0) is 4.79 Å². The van der Waals surface area contributed by atoms with Gasteiger partial charge >= 0.3 is 0 Å². The Morgan fingerprint density at radius 3 is 2.49 bits per heavy atom. The Morgan fingerprint density at radius 2 is 1.77 bits per heavy atom. The van der Waals surface area contributed by atoms with Gasteiger partial charge in [-0.15, -0.1) is 0 Å². The number of pyridine rings is 1. The van der Waals surface area contributed by atoms with Gasteiger partial charge in [0.25, 0.3) is 5.91 Å². The predicted molar refractivity (Wildman–Crippen MR) is 136 cm³/mol. The molecule has 1 fully saturated rings. The van der Waals surface area contributed by atoms with Crippen LogP contribution in [0.25, 0.3) is 0 Å². The van der Waals surface area contributed by atoms with Gasteiger partial charge in [0.1, 0.15) is 11.7 Å². The lowest BCUT2D eigenvalue weighted by atomic mass is 9.92. The number of fused-ring (bicyclic) bond motifs is 1. The first-order valence-electron chi connectivity index (χ1n) is 12.0. The molecule has 0 bridgehead atoms. The molecule has 1 aromatic carbocycles. The third kappa shape index (κ3) is 4.66. The number of nitrogens with one attached hydrogen (secondary N) is 2. The highest BCUT2D eigenvalue weighted by molar-refractivity contribution is 6.05. The predicted octanol–water partition coefficient (Wildman–Crippen LogP) is 4.37. The molecule has 180 valence electrons. The molecule has 1 aliphatic carbocycles. The number of anilines is 5. The summed E-state index contributed by atoms with van der Waals surface area (Å²) in [5.74, 6) is 1.11. The number of carbonyl (C=O) groups excluding carboxylic acids is 2. The van der Waals surface area contributed by atoms with Crippen molar-refractivity contribution in [1.29, 1.82) is 0 Å². The number of hydrogen-bond acceptors (Lipinski definition) is 7. The number of nitrogens with zero attached hydrogens (tertiary/aromatic N) is 5. The maximum absolute atomic E-state index is 12.9. The summed E-state index contributed by atoms with van der Waals surface area (Å²) in [5, 5.41) is 6.12. The second-order valence-corrected chi connectivity index (χ2v) is 9.07. The first kappa shape index (κ1) is 22.8. The fraction of sp³-hybridized carbons (Fsp3) is 0.346. The summed E-state index contributed by atoms with van der Waals surface area (Å²) >= 11 is 0. The maximum Gasteiger partial charge on any atom is 0.257 e. The fourth-order valence-electron chi connectivity index (χ4n) is 4.87. The third-order valence-corrected chi connectivity index (χ3v) is 6.75. The highest BCUT2D eigenvalue weighted by atomic mass is 16.2. The monoisotopic (exact) mass is 471 g/mol. The van der Waals surface area contributed by atoms with Gasteiger partial charge < -0.3 is 20.4 Å². The summed E-state index contributed by atoms with van der Waals surface area (Å²) in [4.78, 5) is 42.4. The standard InChI is InChI=1S/C26H29N7O2/c1-17-25(35)32(2)22-16-28-26(31-23(22)33(17)21-8-4-3-5-9-21)30-20-12-10-19(11-13-20)29-24(34)18-7-6-14-27-15-18/h6-7,10-17,21H,3-5,8-9H2,1-2H3,(H,29,34)(H,28,30,31). The number of amides is 2. The van der Waals surface area contributed by atoms with Crippen LogP contribution in [0, 0.1) is 0 Å². The minimum atomic E-state index is -0.263. The average molecular weight is 472 g/mol. The van der Waals surface area contributed by atoms with Crippen LogP contribution in [-0.4, -0.2) is 45.9 Å². The molecule has 0 spiro atoms. The largest absolute Gasteiger partial charge is 0.340 e. The Hall–Kier alpha value is -4.01. The molecule has 5 rings (SSSR count). The van der Waals surface area contributed by atoms with Crippen molar-refractivity contribution < 1.29 is 9.59 Å². The Kier molecular flexibility index (Phi) is 6.31. The van der Waals surface area contributed by atoms with Gasteiger partial charge in [-0.2, -0.15) is 4.98 Å². The lowest BCUT2D eigenvalue weighted by Gasteiger charge is -2.44. The Balaban J connectivity index is 1.34. The van der Waals surface area contributed by atoms with Gasteiger partial charge in [0.05, 0.1) is 11.8 Å². The first-order valence-corrected chi connectivity index (χ1v) is 12.0. The van der Waals surface area contributed by atoms with Gasteiger partial charge in [-0.1, -0.05) is 19.3 Å². The van der Waals surface area contributed by atoms with Gasteiger partial charge in [0, 0.05) is 36.9 Å². The molecule has 1 saturated carbocycles. The van der Waals surface area contributed by atoms with E-state index in [0.29, 0.717) is 23.2 Å². The molecule has 3 aromatic rings. The molecule has 9 nitrogen and oxygen atoms in total. The minimum Gasteiger partial charge on any atom is -0.340 e. The van der Waals surface area contributed by atoms with Crippen molar-refractivity contribution in [1.82, 2.24) is 15.0 Å². The third-order valence-electron chi connectivity index (χ3n) is 6.75. The van der Waals surface area contributed by atoms with Crippen LogP contribution >= 0.6 is 0 Å². The smallest absolute Gasteiger partial charge is 0.257 e. The summed E-state index contributed by atoms with van der Waals surface area (Å²) in [5.41, 5.74) is 2.70. The van der Waals surface area contributed by atoms with Crippen molar-refractivity contribution in [3.8, 4) is 0 Å². The van der Waals surface area contributed by atoms with E-state index in [2.05, 4.69) is 25.5 Å². The average Bonchev–Trinajstić information content (AvgIpc) is 2.90. The van der Waals surface area contributed by atoms with Gasteiger partial charge in [-0.3, -0.25) is 14.6 Å². The summed E-state index contributed by atoms with van der Waals surface area (Å²) in [6.45, 7) is 1.96. The van der Waals surface area contributed by atoms with E-state index in [-0.39, 0.29) is 17.9 Å². The second kappa shape index (κ2) is 9.69. The van der Waals surface area contributed by atoms with Crippen LogP contribution in [0.15, 0.2) is 55.0 Å². The van der Waals surface area contributed by atoms with Crippen LogP contribution in [0.3, 0.4) is 0 Å². The van der Waals surface area contributed by atoms with E-state index in [1.165, 1.54) is 25.5 Å². The highest BCUT2D eigenvalue weighted by Gasteiger charge is 2.39. The van der Waals surface area contributed by atoms with Crippen molar-refractivity contribution in [3.05, 3.63) is 60.6 Å². The number of carbonyl (C=O) groups is 2. The van der Waals surface area contributed by atoms with E-state index in [1.54, 1.807) is 36.5 Å². The van der Waals surface area contributed by atoms with Crippen molar-refractivity contribution in [2.45, 2.75) is 51.1 Å². The number of likely N-dealkylation sites (N-methyl/N-ethyl adjacent to an activating group) is 1. The van der Waals surface area contributed by atoms with Gasteiger partial charge in [0.15, 0.2) is 5.82 Å². The number of rotatable bonds is 5.